The average Bonchev–Trinajstić information content (AvgIpc) is 3.31. The number of nitrogens with zero attached hydrogens (tertiary/aromatic N) is 3. The quantitative estimate of drug-likeness (QED) is 0.211. The molecule has 3 aromatic rings. The normalized spacial score (nSPS) is 15.9. The smallest absolute Gasteiger partial charge is 0.283 e. The lowest BCUT2D eigenvalue weighted by Gasteiger charge is -2.20. The summed E-state index contributed by atoms with van der Waals surface area (Å²) in [6.45, 7) is 0.506. The first kappa shape index (κ1) is 26.8. The number of amidine groups is 2. The zero-order valence-electron chi connectivity index (χ0n) is 19.3. The van der Waals surface area contributed by atoms with Crippen LogP contribution in [-0.2, 0) is 4.79 Å². The van der Waals surface area contributed by atoms with Crippen molar-refractivity contribution in [3.8, 4) is 11.5 Å². The third-order valence-electron chi connectivity index (χ3n) is 5.30. The fourth-order valence-electron chi connectivity index (χ4n) is 3.54. The lowest BCUT2D eigenvalue weighted by molar-refractivity contribution is -0.114. The van der Waals surface area contributed by atoms with Crippen molar-refractivity contribution >= 4 is 90.5 Å². The second-order valence-corrected chi connectivity index (χ2v) is 11.0. The highest BCUT2D eigenvalue weighted by Crippen LogP contribution is 2.36. The van der Waals surface area contributed by atoms with Gasteiger partial charge in [0.25, 0.3) is 5.91 Å². The van der Waals surface area contributed by atoms with Crippen LogP contribution in [0.1, 0.15) is 11.1 Å². The third-order valence-corrected chi connectivity index (χ3v) is 7.66. The van der Waals surface area contributed by atoms with Crippen molar-refractivity contribution in [1.82, 2.24) is 5.01 Å². The largest absolute Gasteiger partial charge is 0.490 e. The summed E-state index contributed by atoms with van der Waals surface area (Å²) >= 11 is 23.7. The van der Waals surface area contributed by atoms with Crippen LogP contribution >= 0.6 is 62.5 Å². The summed E-state index contributed by atoms with van der Waals surface area (Å²) in [6.07, 6.45) is 1.50. The standard InChI is InChI=1S/C26H16BrCl3N4O3S/c27-15-5-7-16(8-6-15)36-9-10-37-22-20(29)12-14(13-21(22)30)11-18-23(31)34-26(32-24(18)35)38-25(33-34)17-3-1-2-4-19(17)28/h1-8,11-13,31H,9-10H2/b18-11-,31-23?. The Hall–Kier alpha value is -2.82. The van der Waals surface area contributed by atoms with Gasteiger partial charge in [0.1, 0.15) is 24.0 Å². The van der Waals surface area contributed by atoms with Crippen LogP contribution in [0.5, 0.6) is 11.5 Å². The first-order chi connectivity index (χ1) is 18.3. The molecule has 2 aliphatic heterocycles. The van der Waals surface area contributed by atoms with Gasteiger partial charge in [-0.25, -0.2) is 0 Å². The Labute approximate surface area is 245 Å². The van der Waals surface area contributed by atoms with Gasteiger partial charge in [-0.05, 0) is 65.9 Å². The Kier molecular flexibility index (Phi) is 8.11. The van der Waals surface area contributed by atoms with Crippen LogP contribution in [0.15, 0.2) is 80.8 Å². The van der Waals surface area contributed by atoms with Crippen molar-refractivity contribution in [3.63, 3.8) is 0 Å². The molecule has 0 atom stereocenters. The van der Waals surface area contributed by atoms with E-state index in [1.165, 1.54) is 22.8 Å². The Balaban J connectivity index is 1.30. The first-order valence-electron chi connectivity index (χ1n) is 11.1. The average molecular weight is 651 g/mol. The van der Waals surface area contributed by atoms with E-state index in [1.807, 2.05) is 42.5 Å². The van der Waals surface area contributed by atoms with Crippen molar-refractivity contribution in [2.24, 2.45) is 10.1 Å². The molecule has 12 heteroatoms. The molecule has 1 N–H and O–H groups in total. The maximum absolute atomic E-state index is 12.8. The second kappa shape index (κ2) is 11.5. The van der Waals surface area contributed by atoms with Gasteiger partial charge < -0.3 is 9.47 Å². The van der Waals surface area contributed by atoms with Crippen molar-refractivity contribution < 1.29 is 14.3 Å². The fourth-order valence-corrected chi connectivity index (χ4v) is 5.63. The van der Waals surface area contributed by atoms with Gasteiger partial charge in [-0.3, -0.25) is 10.2 Å². The molecule has 192 valence electrons. The summed E-state index contributed by atoms with van der Waals surface area (Å²) < 4.78 is 12.3. The van der Waals surface area contributed by atoms with Crippen molar-refractivity contribution in [3.05, 3.63) is 96.9 Å². The summed E-state index contributed by atoms with van der Waals surface area (Å²) in [7, 11) is 0. The summed E-state index contributed by atoms with van der Waals surface area (Å²) in [5.41, 5.74) is 1.24. The SMILES string of the molecule is N=C1/C(=C/c2cc(Cl)c(OCCOc3ccc(Br)cc3)c(Cl)c2)C(=O)N=C2SC(c3ccccc3Cl)=NN12. The highest BCUT2D eigenvalue weighted by molar-refractivity contribution is 9.10. The predicted molar refractivity (Wildman–Crippen MR) is 157 cm³/mol. The molecule has 5 rings (SSSR count). The van der Waals surface area contributed by atoms with Crippen LogP contribution in [0.4, 0.5) is 0 Å². The summed E-state index contributed by atoms with van der Waals surface area (Å²) in [5, 5.41) is 16.2. The van der Waals surface area contributed by atoms with E-state index in [2.05, 4.69) is 26.0 Å². The number of nitrogens with one attached hydrogen (secondary N) is 1. The molecule has 3 aromatic carbocycles. The number of carbonyl (C=O) groups excluding carboxylic acids is 1. The number of ether oxygens (including phenoxy) is 2. The molecular weight excluding hydrogens is 635 g/mol. The molecule has 0 fully saturated rings. The molecule has 0 bridgehead atoms. The Morgan fingerprint density at radius 3 is 2.37 bits per heavy atom. The minimum Gasteiger partial charge on any atom is -0.490 e. The molecule has 7 nitrogen and oxygen atoms in total. The third kappa shape index (κ3) is 5.77. The number of amides is 1. The van der Waals surface area contributed by atoms with Gasteiger partial charge in [-0.2, -0.15) is 15.1 Å². The maximum atomic E-state index is 12.8. The summed E-state index contributed by atoms with van der Waals surface area (Å²) in [5.74, 6) is 0.320. The Bertz CT molecular complexity index is 1520. The lowest BCUT2D eigenvalue weighted by atomic mass is 10.1. The first-order valence-corrected chi connectivity index (χ1v) is 13.8. The number of hydrazone groups is 1. The van der Waals surface area contributed by atoms with Crippen molar-refractivity contribution in [1.29, 1.82) is 5.41 Å². The lowest BCUT2D eigenvalue weighted by Crippen LogP contribution is -2.35. The van der Waals surface area contributed by atoms with Gasteiger partial charge in [0.2, 0.25) is 5.17 Å². The minimum absolute atomic E-state index is 0.0437. The van der Waals surface area contributed by atoms with Crippen LogP contribution < -0.4 is 9.47 Å². The number of aliphatic imine (C=N–C) groups is 1. The van der Waals surface area contributed by atoms with Crippen LogP contribution in [-0.4, -0.2) is 40.2 Å². The number of thioether (sulfide) groups is 1. The van der Waals surface area contributed by atoms with Crippen LogP contribution in [0.25, 0.3) is 6.08 Å². The van der Waals surface area contributed by atoms with E-state index in [4.69, 9.17) is 49.7 Å². The number of benzene rings is 3. The molecule has 0 radical (unpaired) electrons. The number of fused-ring (bicyclic) bond motifs is 1. The predicted octanol–water partition coefficient (Wildman–Crippen LogP) is 7.53. The van der Waals surface area contributed by atoms with Gasteiger partial charge in [-0.15, -0.1) is 0 Å². The molecular formula is C26H16BrCl3N4O3S. The molecule has 0 unspecified atom stereocenters. The molecule has 38 heavy (non-hydrogen) atoms. The number of carbonyl (C=O) groups is 1. The summed E-state index contributed by atoms with van der Waals surface area (Å²) in [6, 6.07) is 17.9. The van der Waals surface area contributed by atoms with E-state index >= 15 is 0 Å². The molecule has 0 aliphatic carbocycles. The van der Waals surface area contributed by atoms with Crippen LogP contribution in [0.3, 0.4) is 0 Å². The van der Waals surface area contributed by atoms with Crippen molar-refractivity contribution in [2.45, 2.75) is 0 Å². The highest BCUT2D eigenvalue weighted by Gasteiger charge is 2.36. The monoisotopic (exact) mass is 648 g/mol. The molecule has 1 amide bonds. The van der Waals surface area contributed by atoms with Gasteiger partial charge in [-0.1, -0.05) is 68.9 Å². The van der Waals surface area contributed by atoms with E-state index in [9.17, 15) is 4.79 Å². The Morgan fingerprint density at radius 1 is 0.974 bits per heavy atom. The topological polar surface area (TPSA) is 87.3 Å². The molecule has 2 aliphatic rings. The van der Waals surface area contributed by atoms with Gasteiger partial charge >= 0.3 is 0 Å². The zero-order valence-corrected chi connectivity index (χ0v) is 23.9. The number of rotatable bonds is 7. The molecule has 0 spiro atoms. The van der Waals surface area contributed by atoms with E-state index in [1.54, 1.807) is 18.2 Å². The van der Waals surface area contributed by atoms with E-state index in [-0.39, 0.29) is 39.8 Å². The zero-order chi connectivity index (χ0) is 26.8. The van der Waals surface area contributed by atoms with Gasteiger partial charge in [0.15, 0.2) is 11.6 Å². The van der Waals surface area contributed by atoms with E-state index in [0.717, 1.165) is 4.47 Å². The maximum Gasteiger partial charge on any atom is 0.283 e. The van der Waals surface area contributed by atoms with Crippen LogP contribution in [0, 0.1) is 5.41 Å². The van der Waals surface area contributed by atoms with E-state index in [0.29, 0.717) is 32.7 Å². The second-order valence-electron chi connectivity index (χ2n) is 7.87. The van der Waals surface area contributed by atoms with Gasteiger partial charge in [0, 0.05) is 10.0 Å². The van der Waals surface area contributed by atoms with E-state index < -0.39 is 5.91 Å². The number of hydrogen-bond acceptors (Lipinski definition) is 6. The molecule has 2 heterocycles. The molecule has 0 saturated carbocycles. The van der Waals surface area contributed by atoms with Crippen LogP contribution in [0.2, 0.25) is 15.1 Å². The fraction of sp³-hybridized carbons (Fsp3) is 0.0769. The van der Waals surface area contributed by atoms with Crippen molar-refractivity contribution in [2.75, 3.05) is 13.2 Å². The highest BCUT2D eigenvalue weighted by atomic mass is 79.9. The molecule has 0 saturated heterocycles. The number of hydrogen-bond donors (Lipinski definition) is 1. The minimum atomic E-state index is -0.568. The summed E-state index contributed by atoms with van der Waals surface area (Å²) in [4.78, 5) is 16.9. The molecule has 0 aromatic heterocycles. The Morgan fingerprint density at radius 2 is 1.66 bits per heavy atom. The van der Waals surface area contributed by atoms with Gasteiger partial charge in [0.05, 0.1) is 20.6 Å². The number of halogens is 4.